The van der Waals surface area contributed by atoms with E-state index in [0.717, 1.165) is 22.1 Å². The number of thiazole rings is 1. The molecule has 0 aromatic carbocycles. The monoisotopic (exact) mass is 304 g/mol. The maximum Gasteiger partial charge on any atom is 0.265 e. The lowest BCUT2D eigenvalue weighted by molar-refractivity contribution is 0.0807. The topological polar surface area (TPSA) is 59.0 Å². The Balaban J connectivity index is 2.42. The van der Waals surface area contributed by atoms with E-state index in [2.05, 4.69) is 28.8 Å². The van der Waals surface area contributed by atoms with Crippen LogP contribution in [0.5, 0.6) is 0 Å². The SMILES string of the molecule is CCN(C)C(=O)c1cnc(-c2nc(C)cnc2C(C)C)s1. The summed E-state index contributed by atoms with van der Waals surface area (Å²) >= 11 is 1.37. The van der Waals surface area contributed by atoms with E-state index < -0.39 is 0 Å². The summed E-state index contributed by atoms with van der Waals surface area (Å²) in [6.45, 7) is 8.68. The zero-order valence-electron chi connectivity index (χ0n) is 13.0. The first-order chi connectivity index (χ1) is 9.93. The van der Waals surface area contributed by atoms with Gasteiger partial charge in [-0.25, -0.2) is 9.97 Å². The van der Waals surface area contributed by atoms with Crippen molar-refractivity contribution >= 4 is 17.2 Å². The Bertz CT molecular complexity index is 651. The number of aromatic nitrogens is 3. The summed E-state index contributed by atoms with van der Waals surface area (Å²) < 4.78 is 0. The molecule has 0 aliphatic rings. The number of amides is 1. The molecular formula is C15H20N4OS. The lowest BCUT2D eigenvalue weighted by atomic mass is 10.1. The molecule has 5 nitrogen and oxygen atoms in total. The highest BCUT2D eigenvalue weighted by Crippen LogP contribution is 2.29. The maximum absolute atomic E-state index is 12.2. The van der Waals surface area contributed by atoms with Crippen molar-refractivity contribution in [2.45, 2.75) is 33.6 Å². The first kappa shape index (κ1) is 15.6. The van der Waals surface area contributed by atoms with Crippen molar-refractivity contribution in [3.8, 4) is 10.7 Å². The van der Waals surface area contributed by atoms with Crippen LogP contribution in [0.2, 0.25) is 0 Å². The molecule has 0 saturated heterocycles. The third-order valence-electron chi connectivity index (χ3n) is 3.21. The molecule has 21 heavy (non-hydrogen) atoms. The van der Waals surface area contributed by atoms with Crippen molar-refractivity contribution in [2.75, 3.05) is 13.6 Å². The minimum absolute atomic E-state index is 0.00652. The Kier molecular flexibility index (Phi) is 4.67. The molecule has 0 radical (unpaired) electrons. The second-order valence-electron chi connectivity index (χ2n) is 5.25. The van der Waals surface area contributed by atoms with Gasteiger partial charge in [0.25, 0.3) is 5.91 Å². The summed E-state index contributed by atoms with van der Waals surface area (Å²) in [5.41, 5.74) is 2.55. The van der Waals surface area contributed by atoms with Crippen LogP contribution in [0.4, 0.5) is 0 Å². The van der Waals surface area contributed by atoms with Crippen LogP contribution in [0.15, 0.2) is 12.4 Å². The number of nitrogens with zero attached hydrogens (tertiary/aromatic N) is 4. The van der Waals surface area contributed by atoms with E-state index in [1.807, 2.05) is 13.8 Å². The van der Waals surface area contributed by atoms with Gasteiger partial charge in [0, 0.05) is 19.8 Å². The summed E-state index contributed by atoms with van der Waals surface area (Å²) in [4.78, 5) is 27.9. The molecule has 2 aromatic heterocycles. The number of carbonyl (C=O) groups excluding carboxylic acids is 1. The second kappa shape index (κ2) is 6.30. The van der Waals surface area contributed by atoms with Gasteiger partial charge in [-0.15, -0.1) is 11.3 Å². The zero-order valence-corrected chi connectivity index (χ0v) is 13.9. The Morgan fingerprint density at radius 3 is 2.67 bits per heavy atom. The van der Waals surface area contributed by atoms with Crippen molar-refractivity contribution in [3.63, 3.8) is 0 Å². The molecule has 112 valence electrons. The quantitative estimate of drug-likeness (QED) is 0.870. The molecule has 6 heteroatoms. The van der Waals surface area contributed by atoms with E-state index in [1.165, 1.54) is 11.3 Å². The summed E-state index contributed by atoms with van der Waals surface area (Å²) in [7, 11) is 1.79. The predicted molar refractivity (Wildman–Crippen MR) is 84.6 cm³/mol. The molecule has 0 unspecified atom stereocenters. The lowest BCUT2D eigenvalue weighted by Gasteiger charge is -2.12. The number of hydrogen-bond acceptors (Lipinski definition) is 5. The number of rotatable bonds is 4. The first-order valence-corrected chi connectivity index (χ1v) is 7.80. The molecule has 0 atom stereocenters. The third kappa shape index (κ3) is 3.26. The molecule has 1 amide bonds. The van der Waals surface area contributed by atoms with E-state index >= 15 is 0 Å². The number of carbonyl (C=O) groups is 1. The fourth-order valence-electron chi connectivity index (χ4n) is 1.88. The van der Waals surface area contributed by atoms with E-state index in [1.54, 1.807) is 24.3 Å². The van der Waals surface area contributed by atoms with E-state index in [9.17, 15) is 4.79 Å². The smallest absolute Gasteiger partial charge is 0.265 e. The van der Waals surface area contributed by atoms with Crippen LogP contribution in [0.1, 0.15) is 47.7 Å². The lowest BCUT2D eigenvalue weighted by Crippen LogP contribution is -2.25. The largest absolute Gasteiger partial charge is 0.341 e. The Hall–Kier alpha value is -1.82. The molecule has 2 aromatic rings. The predicted octanol–water partition coefficient (Wildman–Crippen LogP) is 3.12. The molecule has 2 rings (SSSR count). The van der Waals surface area contributed by atoms with Crippen LogP contribution in [0.25, 0.3) is 10.7 Å². The summed E-state index contributed by atoms with van der Waals surface area (Å²) in [5, 5.41) is 0.753. The third-order valence-corrected chi connectivity index (χ3v) is 4.20. The Morgan fingerprint density at radius 1 is 1.33 bits per heavy atom. The average molecular weight is 304 g/mol. The minimum Gasteiger partial charge on any atom is -0.341 e. The summed E-state index contributed by atoms with van der Waals surface area (Å²) in [5.74, 6) is 0.252. The standard InChI is InChI=1S/C15H20N4OS/c1-6-19(5)15(20)11-8-17-14(21-11)13-12(9(2)3)16-7-10(4)18-13/h7-9H,6H2,1-5H3. The van der Waals surface area contributed by atoms with Gasteiger partial charge in [-0.3, -0.25) is 9.78 Å². The van der Waals surface area contributed by atoms with Crippen molar-refractivity contribution in [1.82, 2.24) is 19.9 Å². The van der Waals surface area contributed by atoms with Crippen LogP contribution >= 0.6 is 11.3 Å². The fourth-order valence-corrected chi connectivity index (χ4v) is 2.79. The highest BCUT2D eigenvalue weighted by Gasteiger charge is 2.19. The van der Waals surface area contributed by atoms with Crippen LogP contribution in [-0.4, -0.2) is 39.4 Å². The second-order valence-corrected chi connectivity index (χ2v) is 6.28. The van der Waals surface area contributed by atoms with E-state index in [4.69, 9.17) is 0 Å². The van der Waals surface area contributed by atoms with E-state index in [0.29, 0.717) is 11.4 Å². The van der Waals surface area contributed by atoms with Crippen LogP contribution in [-0.2, 0) is 0 Å². The summed E-state index contributed by atoms with van der Waals surface area (Å²) in [6.07, 6.45) is 3.39. The van der Waals surface area contributed by atoms with Gasteiger partial charge in [0.15, 0.2) is 0 Å². The summed E-state index contributed by atoms with van der Waals surface area (Å²) in [6, 6.07) is 0. The molecule has 0 saturated carbocycles. The molecule has 0 fully saturated rings. The van der Waals surface area contributed by atoms with Crippen molar-refractivity contribution in [1.29, 1.82) is 0 Å². The molecule has 0 aliphatic heterocycles. The van der Waals surface area contributed by atoms with Gasteiger partial charge < -0.3 is 4.90 Å². The molecule has 0 bridgehead atoms. The fraction of sp³-hybridized carbons (Fsp3) is 0.467. The first-order valence-electron chi connectivity index (χ1n) is 6.99. The molecule has 0 aliphatic carbocycles. The number of hydrogen-bond donors (Lipinski definition) is 0. The van der Waals surface area contributed by atoms with Crippen LogP contribution in [0, 0.1) is 6.92 Å². The minimum atomic E-state index is -0.00652. The molecular weight excluding hydrogens is 284 g/mol. The molecule has 0 spiro atoms. The average Bonchev–Trinajstić information content (AvgIpc) is 2.94. The van der Waals surface area contributed by atoms with Gasteiger partial charge in [-0.1, -0.05) is 13.8 Å². The normalized spacial score (nSPS) is 11.0. The van der Waals surface area contributed by atoms with Gasteiger partial charge in [-0.05, 0) is 19.8 Å². The molecule has 2 heterocycles. The highest BCUT2D eigenvalue weighted by atomic mass is 32.1. The van der Waals surface area contributed by atoms with Gasteiger partial charge in [0.05, 0.1) is 17.6 Å². The zero-order chi connectivity index (χ0) is 15.6. The van der Waals surface area contributed by atoms with Crippen molar-refractivity contribution < 1.29 is 4.79 Å². The Labute approximate surface area is 129 Å². The molecule has 0 N–H and O–H groups in total. The van der Waals surface area contributed by atoms with Gasteiger partial charge in [0.2, 0.25) is 0 Å². The number of aryl methyl sites for hydroxylation is 1. The van der Waals surface area contributed by atoms with Crippen molar-refractivity contribution in [2.24, 2.45) is 0 Å². The highest BCUT2D eigenvalue weighted by molar-refractivity contribution is 7.16. The van der Waals surface area contributed by atoms with Crippen LogP contribution in [0.3, 0.4) is 0 Å². The van der Waals surface area contributed by atoms with Crippen LogP contribution < -0.4 is 0 Å². The van der Waals surface area contributed by atoms with Gasteiger partial charge in [-0.2, -0.15) is 0 Å². The Morgan fingerprint density at radius 2 is 2.05 bits per heavy atom. The maximum atomic E-state index is 12.2. The van der Waals surface area contributed by atoms with Gasteiger partial charge in [0.1, 0.15) is 15.6 Å². The van der Waals surface area contributed by atoms with Crippen molar-refractivity contribution in [3.05, 3.63) is 28.7 Å². The van der Waals surface area contributed by atoms with E-state index in [-0.39, 0.29) is 11.8 Å². The van der Waals surface area contributed by atoms with Gasteiger partial charge >= 0.3 is 0 Å².